The number of nitrogens with one attached hydrogen (secondary N) is 1. The molecular formula is C31H24BrClN4O5S. The normalized spacial score (nSPS) is 15.0. The quantitative estimate of drug-likeness (QED) is 0.108. The number of amidine groups is 1. The van der Waals surface area contributed by atoms with Crippen LogP contribution in [0.3, 0.4) is 0 Å². The third-order valence-electron chi connectivity index (χ3n) is 5.99. The molecule has 2 amide bonds. The van der Waals surface area contributed by atoms with E-state index in [0.29, 0.717) is 37.9 Å². The molecule has 3 aromatic carbocycles. The van der Waals surface area contributed by atoms with Gasteiger partial charge < -0.3 is 19.2 Å². The molecule has 43 heavy (non-hydrogen) atoms. The van der Waals surface area contributed by atoms with E-state index in [1.807, 2.05) is 24.3 Å². The third kappa shape index (κ3) is 8.16. The van der Waals surface area contributed by atoms with Crippen LogP contribution >= 0.6 is 39.3 Å². The highest BCUT2D eigenvalue weighted by Gasteiger charge is 2.34. The summed E-state index contributed by atoms with van der Waals surface area (Å²) in [6, 6.07) is 23.0. The summed E-state index contributed by atoms with van der Waals surface area (Å²) in [6.07, 6.45) is 4.85. The second kappa shape index (κ2) is 14.2. The average molecular weight is 680 g/mol. The van der Waals surface area contributed by atoms with Gasteiger partial charge in [-0.2, -0.15) is 5.10 Å². The molecule has 1 aliphatic heterocycles. The minimum absolute atomic E-state index is 0.180. The highest BCUT2D eigenvalue weighted by atomic mass is 79.9. The zero-order valence-corrected chi connectivity index (χ0v) is 25.9. The number of amides is 2. The van der Waals surface area contributed by atoms with Crippen LogP contribution in [-0.4, -0.2) is 41.8 Å². The van der Waals surface area contributed by atoms with Crippen molar-refractivity contribution >= 4 is 74.3 Å². The SMILES string of the molecule is COc1ccc(/C=N/N=C2\S/C(=C\c3cc(Br)ccc3OCC(=O)Nc3ccc(Cl)cc3)C(=O)N2Cc2ccco2)cc1. The predicted molar refractivity (Wildman–Crippen MR) is 173 cm³/mol. The number of hydrogen-bond acceptors (Lipinski definition) is 8. The molecule has 0 bridgehead atoms. The van der Waals surface area contributed by atoms with E-state index in [-0.39, 0.29) is 25.0 Å². The van der Waals surface area contributed by atoms with E-state index in [2.05, 4.69) is 31.4 Å². The number of thioether (sulfide) groups is 1. The summed E-state index contributed by atoms with van der Waals surface area (Å²) in [5, 5.41) is 12.3. The van der Waals surface area contributed by atoms with Crippen LogP contribution in [0.1, 0.15) is 16.9 Å². The molecule has 1 aromatic heterocycles. The third-order valence-corrected chi connectivity index (χ3v) is 7.74. The lowest BCUT2D eigenvalue weighted by molar-refractivity contribution is -0.122. The van der Waals surface area contributed by atoms with Crippen LogP contribution in [0.4, 0.5) is 5.69 Å². The van der Waals surface area contributed by atoms with E-state index >= 15 is 0 Å². The molecule has 0 spiro atoms. The monoisotopic (exact) mass is 678 g/mol. The molecule has 1 fully saturated rings. The first-order valence-corrected chi connectivity index (χ1v) is 14.8. The zero-order valence-electron chi connectivity index (χ0n) is 22.7. The van der Waals surface area contributed by atoms with E-state index in [1.165, 1.54) is 16.7 Å². The van der Waals surface area contributed by atoms with Gasteiger partial charge >= 0.3 is 0 Å². The number of furan rings is 1. The van der Waals surface area contributed by atoms with Crippen LogP contribution in [0.25, 0.3) is 6.08 Å². The average Bonchev–Trinajstić information content (AvgIpc) is 3.63. The maximum absolute atomic E-state index is 13.6. The second-order valence-corrected chi connectivity index (χ2v) is 11.4. The van der Waals surface area contributed by atoms with Gasteiger partial charge in [0.1, 0.15) is 17.3 Å². The number of hydrogen-bond donors (Lipinski definition) is 1. The van der Waals surface area contributed by atoms with Gasteiger partial charge in [0.2, 0.25) is 0 Å². The van der Waals surface area contributed by atoms with Crippen molar-refractivity contribution in [2.45, 2.75) is 6.54 Å². The molecule has 0 radical (unpaired) electrons. The number of benzene rings is 3. The number of methoxy groups -OCH3 is 1. The Morgan fingerprint density at radius 3 is 2.63 bits per heavy atom. The van der Waals surface area contributed by atoms with Crippen LogP contribution in [-0.2, 0) is 16.1 Å². The van der Waals surface area contributed by atoms with E-state index in [1.54, 1.807) is 80.3 Å². The molecule has 0 unspecified atom stereocenters. The lowest BCUT2D eigenvalue weighted by Gasteiger charge is -2.13. The lowest BCUT2D eigenvalue weighted by Crippen LogP contribution is -2.28. The molecule has 5 rings (SSSR count). The Labute approximate surface area is 265 Å². The fourth-order valence-electron chi connectivity index (χ4n) is 3.89. The van der Waals surface area contributed by atoms with Crippen molar-refractivity contribution in [1.82, 2.24) is 4.90 Å². The van der Waals surface area contributed by atoms with E-state index in [4.69, 9.17) is 25.5 Å². The lowest BCUT2D eigenvalue weighted by atomic mass is 10.2. The summed E-state index contributed by atoms with van der Waals surface area (Å²) < 4.78 is 17.3. The minimum Gasteiger partial charge on any atom is -0.497 e. The topological polar surface area (TPSA) is 106 Å². The van der Waals surface area contributed by atoms with E-state index < -0.39 is 0 Å². The number of carbonyl (C=O) groups is 2. The Balaban J connectivity index is 1.36. The molecule has 2 heterocycles. The molecule has 1 aliphatic rings. The molecule has 12 heteroatoms. The first-order valence-electron chi connectivity index (χ1n) is 12.8. The van der Waals surface area contributed by atoms with Gasteiger partial charge in [0.25, 0.3) is 11.8 Å². The van der Waals surface area contributed by atoms with Gasteiger partial charge in [-0.15, -0.1) is 5.10 Å². The zero-order chi connectivity index (χ0) is 30.2. The fourth-order valence-corrected chi connectivity index (χ4v) is 5.32. The fraction of sp³-hybridized carbons (Fsp3) is 0.0968. The summed E-state index contributed by atoms with van der Waals surface area (Å²) in [5.74, 6) is 1.14. The maximum Gasteiger partial charge on any atom is 0.267 e. The molecular weight excluding hydrogens is 656 g/mol. The summed E-state index contributed by atoms with van der Waals surface area (Å²) in [7, 11) is 1.60. The van der Waals surface area contributed by atoms with Crippen molar-refractivity contribution in [3.05, 3.63) is 116 Å². The molecule has 1 saturated heterocycles. The number of halogens is 2. The molecule has 4 aromatic rings. The summed E-state index contributed by atoms with van der Waals surface area (Å²) in [6.45, 7) is -0.0568. The van der Waals surface area contributed by atoms with Gasteiger partial charge in [-0.05, 0) is 102 Å². The Morgan fingerprint density at radius 2 is 1.91 bits per heavy atom. The Morgan fingerprint density at radius 1 is 1.12 bits per heavy atom. The molecule has 0 atom stereocenters. The van der Waals surface area contributed by atoms with Crippen LogP contribution in [0.2, 0.25) is 5.02 Å². The van der Waals surface area contributed by atoms with Crippen molar-refractivity contribution in [3.8, 4) is 11.5 Å². The Kier molecular flexibility index (Phi) is 9.98. The van der Waals surface area contributed by atoms with Crippen molar-refractivity contribution < 1.29 is 23.5 Å². The largest absolute Gasteiger partial charge is 0.497 e. The highest BCUT2D eigenvalue weighted by Crippen LogP contribution is 2.36. The number of nitrogens with zero attached hydrogens (tertiary/aromatic N) is 3. The molecule has 1 N–H and O–H groups in total. The van der Waals surface area contributed by atoms with Crippen LogP contribution < -0.4 is 14.8 Å². The minimum atomic E-state index is -0.344. The summed E-state index contributed by atoms with van der Waals surface area (Å²) in [5.41, 5.74) is 2.02. The Bertz CT molecular complexity index is 1690. The number of ether oxygens (including phenoxy) is 2. The maximum atomic E-state index is 13.6. The predicted octanol–water partition coefficient (Wildman–Crippen LogP) is 7.23. The first kappa shape index (κ1) is 30.1. The van der Waals surface area contributed by atoms with Crippen LogP contribution in [0, 0.1) is 0 Å². The highest BCUT2D eigenvalue weighted by molar-refractivity contribution is 9.10. The van der Waals surface area contributed by atoms with E-state index in [9.17, 15) is 9.59 Å². The van der Waals surface area contributed by atoms with Crippen LogP contribution in [0.15, 0.2) is 109 Å². The second-order valence-electron chi connectivity index (χ2n) is 9.01. The van der Waals surface area contributed by atoms with Gasteiger partial charge in [-0.3, -0.25) is 14.5 Å². The van der Waals surface area contributed by atoms with E-state index in [0.717, 1.165) is 15.8 Å². The summed E-state index contributed by atoms with van der Waals surface area (Å²) in [4.78, 5) is 28.0. The van der Waals surface area contributed by atoms with Crippen molar-refractivity contribution in [2.75, 3.05) is 19.0 Å². The van der Waals surface area contributed by atoms with Gasteiger partial charge in [0.05, 0.1) is 31.0 Å². The van der Waals surface area contributed by atoms with Gasteiger partial charge in [0.15, 0.2) is 11.8 Å². The molecule has 218 valence electrons. The number of rotatable bonds is 10. The molecule has 0 aliphatic carbocycles. The van der Waals surface area contributed by atoms with Gasteiger partial charge in [-0.25, -0.2) is 0 Å². The first-order chi connectivity index (χ1) is 20.9. The van der Waals surface area contributed by atoms with Crippen molar-refractivity contribution in [1.29, 1.82) is 0 Å². The summed E-state index contributed by atoms with van der Waals surface area (Å²) >= 11 is 10.6. The van der Waals surface area contributed by atoms with Gasteiger partial charge in [-0.1, -0.05) is 27.5 Å². The Hall–Kier alpha value is -4.32. The molecule has 0 saturated carbocycles. The van der Waals surface area contributed by atoms with Crippen molar-refractivity contribution in [3.63, 3.8) is 0 Å². The number of anilines is 1. The van der Waals surface area contributed by atoms with Gasteiger partial charge in [0, 0.05) is 20.7 Å². The molecule has 9 nitrogen and oxygen atoms in total. The standard InChI is InChI=1S/C31H24BrClN4O5S/c1-40-25-11-4-20(5-12-25)17-34-36-31-37(18-26-3-2-14-41-26)30(39)28(43-31)16-21-15-22(32)6-13-27(21)42-19-29(38)35-24-9-7-23(33)8-10-24/h2-17H,18-19H2,1H3,(H,35,38)/b28-16-,34-17+,36-31-. The number of carbonyl (C=O) groups excluding carboxylic acids is 2. The van der Waals surface area contributed by atoms with Crippen molar-refractivity contribution in [2.24, 2.45) is 10.2 Å². The smallest absolute Gasteiger partial charge is 0.267 e. The van der Waals surface area contributed by atoms with Crippen LogP contribution in [0.5, 0.6) is 11.5 Å².